The van der Waals surface area contributed by atoms with Gasteiger partial charge in [-0.15, -0.1) is 0 Å². The monoisotopic (exact) mass is 381 g/mol. The van der Waals surface area contributed by atoms with Gasteiger partial charge in [0.05, 0.1) is 5.39 Å². The number of nitrogens with one attached hydrogen (secondary N) is 1. The molecule has 0 aliphatic heterocycles. The van der Waals surface area contributed by atoms with Gasteiger partial charge in [-0.05, 0) is 35.9 Å². The van der Waals surface area contributed by atoms with Crippen LogP contribution in [0.3, 0.4) is 0 Å². The number of fused-ring (bicyclic) bond motifs is 1. The molecular formula is C17H10Cl3NO3. The Labute approximate surface area is 151 Å². The molecule has 0 aliphatic carbocycles. The van der Waals surface area contributed by atoms with Gasteiger partial charge in [0, 0.05) is 27.7 Å². The SMILES string of the molecule is O=C(NCc1ccc(Cl)cc1Cl)c1cc(=O)c2cc(Cl)ccc2o1. The van der Waals surface area contributed by atoms with Crippen molar-refractivity contribution in [3.63, 3.8) is 0 Å². The van der Waals surface area contributed by atoms with Crippen LogP contribution in [0.25, 0.3) is 11.0 Å². The largest absolute Gasteiger partial charge is 0.451 e. The molecule has 0 spiro atoms. The Morgan fingerprint density at radius 1 is 1.00 bits per heavy atom. The summed E-state index contributed by atoms with van der Waals surface area (Å²) in [5, 5.41) is 4.34. The Morgan fingerprint density at radius 3 is 2.46 bits per heavy atom. The standard InChI is InChI=1S/C17H10Cl3NO3/c18-10-3-4-15-12(5-10)14(22)7-16(24-15)17(23)21-8-9-1-2-11(19)6-13(9)20/h1-7H,8H2,(H,21,23). The molecule has 0 fully saturated rings. The molecule has 0 saturated heterocycles. The summed E-state index contributed by atoms with van der Waals surface area (Å²) in [6, 6.07) is 10.7. The lowest BCUT2D eigenvalue weighted by molar-refractivity contribution is 0.0923. The number of carbonyl (C=O) groups excluding carboxylic acids is 1. The van der Waals surface area contributed by atoms with Crippen molar-refractivity contribution in [2.45, 2.75) is 6.54 Å². The van der Waals surface area contributed by atoms with Crippen molar-refractivity contribution < 1.29 is 9.21 Å². The van der Waals surface area contributed by atoms with Gasteiger partial charge in [-0.3, -0.25) is 9.59 Å². The number of hydrogen-bond donors (Lipinski definition) is 1. The van der Waals surface area contributed by atoms with Crippen LogP contribution in [0.5, 0.6) is 0 Å². The Bertz CT molecular complexity index is 998. The zero-order valence-electron chi connectivity index (χ0n) is 12.1. The minimum atomic E-state index is -0.519. The van der Waals surface area contributed by atoms with Gasteiger partial charge in [-0.2, -0.15) is 0 Å². The summed E-state index contributed by atoms with van der Waals surface area (Å²) in [6.45, 7) is 0.178. The van der Waals surface area contributed by atoms with E-state index in [9.17, 15) is 9.59 Å². The molecule has 2 aromatic carbocycles. The Balaban J connectivity index is 1.83. The van der Waals surface area contributed by atoms with Crippen molar-refractivity contribution in [3.05, 3.63) is 79.1 Å². The fourth-order valence-corrected chi connectivity index (χ4v) is 2.82. The van der Waals surface area contributed by atoms with Crippen molar-refractivity contribution in [1.82, 2.24) is 5.32 Å². The zero-order valence-corrected chi connectivity index (χ0v) is 14.4. The lowest BCUT2D eigenvalue weighted by atomic mass is 10.2. The van der Waals surface area contributed by atoms with E-state index in [0.717, 1.165) is 6.07 Å². The van der Waals surface area contributed by atoms with Gasteiger partial charge in [0.1, 0.15) is 5.58 Å². The van der Waals surface area contributed by atoms with E-state index in [1.807, 2.05) is 0 Å². The summed E-state index contributed by atoms with van der Waals surface area (Å²) < 4.78 is 5.47. The number of halogens is 3. The van der Waals surface area contributed by atoms with Crippen molar-refractivity contribution in [3.8, 4) is 0 Å². The minimum absolute atomic E-state index is 0.0834. The van der Waals surface area contributed by atoms with E-state index in [4.69, 9.17) is 39.2 Å². The average molecular weight is 383 g/mol. The number of carbonyl (C=O) groups is 1. The summed E-state index contributed by atoms with van der Waals surface area (Å²) in [5.41, 5.74) is 0.652. The van der Waals surface area contributed by atoms with E-state index in [1.54, 1.807) is 30.3 Å². The molecule has 1 heterocycles. The van der Waals surface area contributed by atoms with Crippen LogP contribution in [0.4, 0.5) is 0 Å². The van der Waals surface area contributed by atoms with Gasteiger partial charge >= 0.3 is 0 Å². The maximum Gasteiger partial charge on any atom is 0.287 e. The molecule has 1 N–H and O–H groups in total. The number of amides is 1. The fourth-order valence-electron chi connectivity index (χ4n) is 2.17. The van der Waals surface area contributed by atoms with Gasteiger partial charge in [0.15, 0.2) is 11.2 Å². The van der Waals surface area contributed by atoms with Gasteiger partial charge in [0.25, 0.3) is 5.91 Å². The Kier molecular flexibility index (Phi) is 4.81. The molecule has 0 radical (unpaired) electrons. The molecule has 1 amide bonds. The molecular weight excluding hydrogens is 373 g/mol. The maximum absolute atomic E-state index is 12.2. The van der Waals surface area contributed by atoms with Crippen LogP contribution in [-0.4, -0.2) is 5.91 Å². The van der Waals surface area contributed by atoms with Gasteiger partial charge in [-0.1, -0.05) is 40.9 Å². The summed E-state index contributed by atoms with van der Waals surface area (Å²) in [6.07, 6.45) is 0. The molecule has 0 aliphatic rings. The Morgan fingerprint density at radius 2 is 1.71 bits per heavy atom. The van der Waals surface area contributed by atoms with Crippen molar-refractivity contribution in [2.75, 3.05) is 0 Å². The molecule has 4 nitrogen and oxygen atoms in total. The van der Waals surface area contributed by atoms with Crippen LogP contribution in [0, 0.1) is 0 Å². The third kappa shape index (κ3) is 3.56. The molecule has 122 valence electrons. The van der Waals surface area contributed by atoms with E-state index in [1.165, 1.54) is 6.07 Å². The highest BCUT2D eigenvalue weighted by atomic mass is 35.5. The van der Waals surface area contributed by atoms with Crippen LogP contribution in [0.1, 0.15) is 16.1 Å². The highest BCUT2D eigenvalue weighted by molar-refractivity contribution is 6.35. The first-order chi connectivity index (χ1) is 11.4. The predicted octanol–water partition coefficient (Wildman–Crippen LogP) is 4.68. The van der Waals surface area contributed by atoms with Crippen molar-refractivity contribution in [1.29, 1.82) is 0 Å². The van der Waals surface area contributed by atoms with Crippen LogP contribution < -0.4 is 10.7 Å². The van der Waals surface area contributed by atoms with Gasteiger partial charge in [0.2, 0.25) is 0 Å². The normalized spacial score (nSPS) is 10.8. The third-order valence-corrected chi connectivity index (χ3v) is 4.19. The summed E-state index contributed by atoms with van der Waals surface area (Å²) >= 11 is 17.7. The highest BCUT2D eigenvalue weighted by Gasteiger charge is 2.13. The van der Waals surface area contributed by atoms with Gasteiger partial charge in [-0.25, -0.2) is 0 Å². The second-order valence-electron chi connectivity index (χ2n) is 5.03. The molecule has 24 heavy (non-hydrogen) atoms. The molecule has 0 saturated carbocycles. The van der Waals surface area contributed by atoms with E-state index < -0.39 is 5.91 Å². The minimum Gasteiger partial charge on any atom is -0.451 e. The maximum atomic E-state index is 12.2. The summed E-state index contributed by atoms with van der Waals surface area (Å²) in [7, 11) is 0. The zero-order chi connectivity index (χ0) is 17.3. The van der Waals surface area contributed by atoms with E-state index in [2.05, 4.69) is 5.32 Å². The lowest BCUT2D eigenvalue weighted by Crippen LogP contribution is -2.24. The average Bonchev–Trinajstić information content (AvgIpc) is 2.54. The summed E-state index contributed by atoms with van der Waals surface area (Å²) in [5.74, 6) is -0.602. The molecule has 1 aromatic heterocycles. The van der Waals surface area contributed by atoms with E-state index in [-0.39, 0.29) is 17.7 Å². The predicted molar refractivity (Wildman–Crippen MR) is 95.1 cm³/mol. The van der Waals surface area contributed by atoms with Crippen molar-refractivity contribution >= 4 is 51.7 Å². The first-order valence-electron chi connectivity index (χ1n) is 6.89. The van der Waals surface area contributed by atoms with Crippen molar-refractivity contribution in [2.24, 2.45) is 0 Å². The molecule has 7 heteroatoms. The van der Waals surface area contributed by atoms with E-state index >= 15 is 0 Å². The third-order valence-electron chi connectivity index (χ3n) is 3.37. The van der Waals surface area contributed by atoms with Crippen LogP contribution in [0.15, 0.2) is 51.7 Å². The second kappa shape index (κ2) is 6.85. The fraction of sp³-hybridized carbons (Fsp3) is 0.0588. The number of benzene rings is 2. The van der Waals surface area contributed by atoms with Crippen LogP contribution in [-0.2, 0) is 6.54 Å². The lowest BCUT2D eigenvalue weighted by Gasteiger charge is -2.07. The molecule has 0 atom stereocenters. The second-order valence-corrected chi connectivity index (χ2v) is 6.31. The van der Waals surface area contributed by atoms with E-state index in [0.29, 0.717) is 31.6 Å². The topological polar surface area (TPSA) is 59.3 Å². The van der Waals surface area contributed by atoms with Crippen LogP contribution >= 0.6 is 34.8 Å². The van der Waals surface area contributed by atoms with Gasteiger partial charge < -0.3 is 9.73 Å². The smallest absolute Gasteiger partial charge is 0.287 e. The highest BCUT2D eigenvalue weighted by Crippen LogP contribution is 2.21. The molecule has 3 aromatic rings. The molecule has 0 unspecified atom stereocenters. The quantitative estimate of drug-likeness (QED) is 0.715. The molecule has 0 bridgehead atoms. The summed E-state index contributed by atoms with van der Waals surface area (Å²) in [4.78, 5) is 24.3. The number of rotatable bonds is 3. The number of hydrogen-bond acceptors (Lipinski definition) is 3. The van der Waals surface area contributed by atoms with Crippen LogP contribution in [0.2, 0.25) is 15.1 Å². The first-order valence-corrected chi connectivity index (χ1v) is 8.03. The first kappa shape index (κ1) is 16.8. The Hall–Kier alpha value is -2.01. The molecule has 3 rings (SSSR count).